The molecule has 2 saturated heterocycles. The Labute approximate surface area is 300 Å². The van der Waals surface area contributed by atoms with Crippen LogP contribution in [0.2, 0.25) is 0 Å². The maximum absolute atomic E-state index is 13.4. The van der Waals surface area contributed by atoms with E-state index in [9.17, 15) is 29.4 Å². The average molecular weight is 707 g/mol. The molecule has 4 amide bonds. The number of benzene rings is 2. The van der Waals surface area contributed by atoms with Crippen LogP contribution in [-0.4, -0.2) is 88.1 Å². The number of carbonyl (C=O) groups is 4. The highest BCUT2D eigenvalue weighted by molar-refractivity contribution is 5.87. The Morgan fingerprint density at radius 2 is 1.02 bits per heavy atom. The van der Waals surface area contributed by atoms with Crippen molar-refractivity contribution < 1.29 is 29.4 Å². The molecule has 6 N–H and O–H groups in total. The fourth-order valence-corrected chi connectivity index (χ4v) is 8.36. The van der Waals surface area contributed by atoms with Gasteiger partial charge in [-0.1, -0.05) is 62.4 Å². The lowest BCUT2D eigenvalue weighted by Gasteiger charge is -2.29. The standard InChI is InChI=1S/C38H42N8O6/c1-3-25(43-37(49)50)35(47)45-29-13-23(29)15-31(45)33-39-17-27(41-33)21-9-5-19(6-10-21)20-7-11-22(12-8-20)28-18-40-34(42-28)32-16-24-14-30(24)46(32)36(48)26(4-2)44-38(51)52/h5-12,17-18,23-26,29-32,43-44H,3-4,13-16H2,1-2H3,(H,39,41)(H,40,42)(H,49,50)(H,51,52)/t23-,24-,25-,26-,29-,30-,31-,32-/m0/s1. The molecular weight excluding hydrogens is 664 g/mol. The molecule has 2 aliphatic heterocycles. The second-order valence-electron chi connectivity index (χ2n) is 14.5. The van der Waals surface area contributed by atoms with E-state index in [2.05, 4.69) is 54.8 Å². The first-order chi connectivity index (χ1) is 25.1. The fourth-order valence-electron chi connectivity index (χ4n) is 8.36. The van der Waals surface area contributed by atoms with Crippen LogP contribution in [0, 0.1) is 11.8 Å². The van der Waals surface area contributed by atoms with Crippen molar-refractivity contribution in [3.05, 3.63) is 72.6 Å². The number of fused-ring (bicyclic) bond motifs is 2. The van der Waals surface area contributed by atoms with Crippen molar-refractivity contribution in [3.8, 4) is 33.6 Å². The van der Waals surface area contributed by atoms with E-state index < -0.39 is 24.3 Å². The summed E-state index contributed by atoms with van der Waals surface area (Å²) >= 11 is 0. The predicted molar refractivity (Wildman–Crippen MR) is 190 cm³/mol. The van der Waals surface area contributed by atoms with Gasteiger partial charge in [-0.05, 0) is 72.6 Å². The molecule has 52 heavy (non-hydrogen) atoms. The first-order valence-corrected chi connectivity index (χ1v) is 18.1. The van der Waals surface area contributed by atoms with Gasteiger partial charge in [0.25, 0.3) is 0 Å². The van der Waals surface area contributed by atoms with Gasteiger partial charge < -0.3 is 40.6 Å². The molecule has 270 valence electrons. The Morgan fingerprint density at radius 3 is 1.37 bits per heavy atom. The second kappa shape index (κ2) is 13.1. The summed E-state index contributed by atoms with van der Waals surface area (Å²) in [6.45, 7) is 3.61. The monoisotopic (exact) mass is 706 g/mol. The molecule has 4 fully saturated rings. The van der Waals surface area contributed by atoms with E-state index in [0.29, 0.717) is 36.3 Å². The summed E-state index contributed by atoms with van der Waals surface area (Å²) in [5, 5.41) is 23.2. The Kier molecular flexibility index (Phi) is 8.47. The van der Waals surface area contributed by atoms with Crippen LogP contribution < -0.4 is 10.6 Å². The highest BCUT2D eigenvalue weighted by atomic mass is 16.4. The van der Waals surface area contributed by atoms with Gasteiger partial charge >= 0.3 is 12.2 Å². The van der Waals surface area contributed by atoms with Crippen LogP contribution in [0.3, 0.4) is 0 Å². The van der Waals surface area contributed by atoms with Crippen molar-refractivity contribution in [3.63, 3.8) is 0 Å². The van der Waals surface area contributed by atoms with Crippen LogP contribution in [0.5, 0.6) is 0 Å². The molecule has 4 aliphatic rings. The van der Waals surface area contributed by atoms with Gasteiger partial charge in [0.1, 0.15) is 23.7 Å². The molecular formula is C38H42N8O6. The first kappa shape index (κ1) is 33.5. The number of rotatable bonds is 11. The largest absolute Gasteiger partial charge is 0.465 e. The highest BCUT2D eigenvalue weighted by Crippen LogP contribution is 2.54. The minimum Gasteiger partial charge on any atom is -0.465 e. The summed E-state index contributed by atoms with van der Waals surface area (Å²) in [6.07, 6.45) is 5.46. The fraction of sp³-hybridized carbons (Fsp3) is 0.421. The maximum Gasteiger partial charge on any atom is 0.405 e. The van der Waals surface area contributed by atoms with Crippen molar-refractivity contribution in [2.75, 3.05) is 0 Å². The van der Waals surface area contributed by atoms with Gasteiger partial charge in [0.2, 0.25) is 11.8 Å². The summed E-state index contributed by atoms with van der Waals surface area (Å²) in [7, 11) is 0. The van der Waals surface area contributed by atoms with E-state index >= 15 is 0 Å². The molecule has 4 heterocycles. The third kappa shape index (κ3) is 6.15. The van der Waals surface area contributed by atoms with E-state index in [4.69, 9.17) is 0 Å². The summed E-state index contributed by atoms with van der Waals surface area (Å²) in [6, 6.07) is 14.7. The normalized spacial score (nSPS) is 25.2. The number of piperidine rings is 2. The number of aromatic nitrogens is 4. The van der Waals surface area contributed by atoms with Crippen molar-refractivity contribution in [1.29, 1.82) is 0 Å². The van der Waals surface area contributed by atoms with Crippen LogP contribution in [0.25, 0.3) is 33.6 Å². The number of nitrogens with zero attached hydrogens (tertiary/aromatic N) is 4. The van der Waals surface area contributed by atoms with E-state index in [1.54, 1.807) is 26.2 Å². The summed E-state index contributed by atoms with van der Waals surface area (Å²) in [5.74, 6) is 1.89. The number of hydrogen-bond donors (Lipinski definition) is 6. The zero-order valence-electron chi connectivity index (χ0n) is 29.0. The molecule has 14 heteroatoms. The molecule has 4 aromatic rings. The molecule has 14 nitrogen and oxygen atoms in total. The number of aromatic amines is 2. The lowest BCUT2D eigenvalue weighted by atomic mass is 10.0. The molecule has 0 radical (unpaired) electrons. The number of hydrogen-bond acceptors (Lipinski definition) is 6. The molecule has 0 unspecified atom stereocenters. The third-order valence-corrected chi connectivity index (χ3v) is 11.3. The zero-order valence-corrected chi connectivity index (χ0v) is 29.0. The molecule has 2 saturated carbocycles. The van der Waals surface area contributed by atoms with Crippen LogP contribution in [0.15, 0.2) is 60.9 Å². The number of amides is 4. The third-order valence-electron chi connectivity index (χ3n) is 11.3. The molecule has 8 atom stereocenters. The predicted octanol–water partition coefficient (Wildman–Crippen LogP) is 5.55. The van der Waals surface area contributed by atoms with Crippen LogP contribution in [0.1, 0.15) is 76.1 Å². The number of likely N-dealkylation sites (tertiary alicyclic amines) is 2. The molecule has 2 aliphatic carbocycles. The average Bonchev–Trinajstić information content (AvgIpc) is 3.74. The minimum absolute atomic E-state index is 0.138. The van der Waals surface area contributed by atoms with E-state index in [-0.39, 0.29) is 36.0 Å². The molecule has 0 spiro atoms. The van der Waals surface area contributed by atoms with Gasteiger partial charge in [0, 0.05) is 12.1 Å². The van der Waals surface area contributed by atoms with Gasteiger partial charge in [0.15, 0.2) is 0 Å². The Balaban J connectivity index is 0.933. The molecule has 8 rings (SSSR count). The van der Waals surface area contributed by atoms with Crippen molar-refractivity contribution in [2.45, 2.75) is 88.6 Å². The number of imidazole rings is 2. The number of carbonyl (C=O) groups excluding carboxylic acids is 2. The van der Waals surface area contributed by atoms with Gasteiger partial charge in [-0.2, -0.15) is 0 Å². The van der Waals surface area contributed by atoms with Gasteiger partial charge in [-0.15, -0.1) is 0 Å². The Morgan fingerprint density at radius 1 is 0.654 bits per heavy atom. The van der Waals surface area contributed by atoms with Gasteiger partial charge in [-0.25, -0.2) is 19.6 Å². The van der Waals surface area contributed by atoms with Crippen LogP contribution >= 0.6 is 0 Å². The molecule has 2 aromatic heterocycles. The second-order valence-corrected chi connectivity index (χ2v) is 14.5. The number of H-pyrrole nitrogens is 2. The maximum atomic E-state index is 13.4. The zero-order chi connectivity index (χ0) is 36.3. The topological polar surface area (TPSA) is 197 Å². The number of carboxylic acid groups (broad SMARTS) is 2. The van der Waals surface area contributed by atoms with Crippen LogP contribution in [-0.2, 0) is 9.59 Å². The lowest BCUT2D eigenvalue weighted by molar-refractivity contribution is -0.136. The van der Waals surface area contributed by atoms with Crippen molar-refractivity contribution in [2.24, 2.45) is 11.8 Å². The van der Waals surface area contributed by atoms with Crippen LogP contribution in [0.4, 0.5) is 9.59 Å². The number of nitrogens with one attached hydrogen (secondary N) is 4. The highest BCUT2D eigenvalue weighted by Gasteiger charge is 2.57. The van der Waals surface area contributed by atoms with Crippen molar-refractivity contribution in [1.82, 2.24) is 40.4 Å². The van der Waals surface area contributed by atoms with Gasteiger partial charge in [0.05, 0.1) is 35.9 Å². The Bertz CT molecular complexity index is 1860. The molecule has 2 aromatic carbocycles. The van der Waals surface area contributed by atoms with Gasteiger partial charge in [-0.3, -0.25) is 9.59 Å². The van der Waals surface area contributed by atoms with E-state index in [0.717, 1.165) is 59.3 Å². The smallest absolute Gasteiger partial charge is 0.405 e. The first-order valence-electron chi connectivity index (χ1n) is 18.1. The summed E-state index contributed by atoms with van der Waals surface area (Å²) < 4.78 is 0. The van der Waals surface area contributed by atoms with E-state index in [1.807, 2.05) is 34.1 Å². The Hall–Kier alpha value is -5.66. The summed E-state index contributed by atoms with van der Waals surface area (Å²) in [5.41, 5.74) is 5.71. The minimum atomic E-state index is -1.20. The summed E-state index contributed by atoms with van der Waals surface area (Å²) in [4.78, 5) is 69.1. The quantitative estimate of drug-likeness (QED) is 0.117. The van der Waals surface area contributed by atoms with E-state index in [1.165, 1.54) is 0 Å². The van der Waals surface area contributed by atoms with Crippen molar-refractivity contribution >= 4 is 24.0 Å². The molecule has 0 bridgehead atoms. The SMILES string of the molecule is CC[C@H](NC(=O)O)C(=O)N1[C@H](c2ncc(-c3ccc(-c4ccc(-c5cnc([C@@H]6C[C@@H]7C[C@@H]7N6C(=O)[C@H](CC)NC(=O)O)[nH]5)cc4)cc3)[nH]2)C[C@@H]2C[C@@H]21. The lowest BCUT2D eigenvalue weighted by Crippen LogP contribution is -2.48.